The lowest BCUT2D eigenvalue weighted by Crippen LogP contribution is -2.36. The summed E-state index contributed by atoms with van der Waals surface area (Å²) >= 11 is 0. The smallest absolute Gasteiger partial charge is 0.308 e. The van der Waals surface area contributed by atoms with Gasteiger partial charge in [0.25, 0.3) is 0 Å². The van der Waals surface area contributed by atoms with E-state index in [-0.39, 0.29) is 23.8 Å². The number of carbonyl (C=O) groups is 3. The molecule has 2 unspecified atom stereocenters. The minimum atomic E-state index is 0.0560. The van der Waals surface area contributed by atoms with Gasteiger partial charge in [-0.2, -0.15) is 0 Å². The van der Waals surface area contributed by atoms with Gasteiger partial charge in [-0.1, -0.05) is 234 Å². The average Bonchev–Trinajstić information content (AvgIpc) is 3.37. The van der Waals surface area contributed by atoms with E-state index in [0.29, 0.717) is 25.5 Å². The first-order chi connectivity index (χ1) is 34.8. The molecule has 0 aromatic rings. The van der Waals surface area contributed by atoms with Gasteiger partial charge in [0.2, 0.25) is 5.91 Å². The molecule has 0 fully saturated rings. The van der Waals surface area contributed by atoms with Crippen LogP contribution in [0.5, 0.6) is 0 Å². The summed E-state index contributed by atoms with van der Waals surface area (Å²) in [4.78, 5) is 47.1. The van der Waals surface area contributed by atoms with E-state index in [1.165, 1.54) is 141 Å². The van der Waals surface area contributed by atoms with E-state index in [0.717, 1.165) is 168 Å². The van der Waals surface area contributed by atoms with Crippen LogP contribution in [0.3, 0.4) is 0 Å². The highest BCUT2D eigenvalue weighted by atomic mass is 16.5. The van der Waals surface area contributed by atoms with Crippen molar-refractivity contribution in [1.29, 1.82) is 0 Å². The number of hydrogen-bond acceptors (Lipinski definition) is 7. The first kappa shape index (κ1) is 69.3. The van der Waals surface area contributed by atoms with Gasteiger partial charge in [-0.05, 0) is 97.3 Å². The minimum Gasteiger partial charge on any atom is -0.465 e. The molecule has 0 spiro atoms. The second kappa shape index (κ2) is 54.6. The molecule has 1 amide bonds. The standard InChI is InChI=1S/C63H125N3O5/c1-8-14-20-26-28-36-47-59(45-34-22-16-10-3)62(68)70-57-42-32-30-38-51-65(56-55-64(7)50-44-49-61(67)66(53-40-24-18-12-5)54-41-25-19-13-6)52-39-31-33-43-58-71-63(69)60(46-35-23-17-11-4)48-37-29-27-21-15-9-2/h59-60H,8-58H2,1-7H3. The van der Waals surface area contributed by atoms with E-state index in [9.17, 15) is 14.4 Å². The average molecular weight is 1000 g/mol. The molecule has 0 aliphatic rings. The Labute approximate surface area is 443 Å². The minimum absolute atomic E-state index is 0.0560. The normalized spacial score (nSPS) is 12.5. The Morgan fingerprint density at radius 2 is 0.634 bits per heavy atom. The number of ether oxygens (including phenoxy) is 2. The van der Waals surface area contributed by atoms with Gasteiger partial charge in [-0.15, -0.1) is 0 Å². The van der Waals surface area contributed by atoms with Crippen LogP contribution in [0.15, 0.2) is 0 Å². The summed E-state index contributed by atoms with van der Waals surface area (Å²) in [7, 11) is 2.23. The van der Waals surface area contributed by atoms with E-state index in [1.807, 2.05) is 0 Å². The van der Waals surface area contributed by atoms with Gasteiger partial charge < -0.3 is 24.2 Å². The molecule has 422 valence electrons. The SMILES string of the molecule is CCCCCCCCC(CCCCCC)C(=O)OCCCCCCN(CCCCCCOC(=O)C(CCCCCC)CCCCCCCC)CCN(C)CCCC(=O)N(CCCCCC)CCCCCC. The molecule has 0 aromatic carbocycles. The number of unbranched alkanes of at least 4 members (excludes halogenated alkanes) is 28. The van der Waals surface area contributed by atoms with Crippen molar-refractivity contribution < 1.29 is 23.9 Å². The van der Waals surface area contributed by atoms with E-state index >= 15 is 0 Å². The van der Waals surface area contributed by atoms with Crippen LogP contribution in [0.2, 0.25) is 0 Å². The van der Waals surface area contributed by atoms with Crippen LogP contribution in [0, 0.1) is 11.8 Å². The van der Waals surface area contributed by atoms with Crippen LogP contribution in [-0.2, 0) is 23.9 Å². The highest BCUT2D eigenvalue weighted by Crippen LogP contribution is 2.23. The van der Waals surface area contributed by atoms with E-state index in [1.54, 1.807) is 0 Å². The molecule has 71 heavy (non-hydrogen) atoms. The molecule has 0 rings (SSSR count). The van der Waals surface area contributed by atoms with Gasteiger partial charge in [0.05, 0.1) is 25.0 Å². The van der Waals surface area contributed by atoms with Crippen molar-refractivity contribution in [3.8, 4) is 0 Å². The van der Waals surface area contributed by atoms with Crippen LogP contribution in [0.25, 0.3) is 0 Å². The lowest BCUT2D eigenvalue weighted by Gasteiger charge is -2.26. The van der Waals surface area contributed by atoms with Gasteiger partial charge in [0.1, 0.15) is 0 Å². The fraction of sp³-hybridized carbons (Fsp3) is 0.952. The molecule has 2 atom stereocenters. The topological polar surface area (TPSA) is 79.4 Å². The molecule has 0 saturated heterocycles. The van der Waals surface area contributed by atoms with Crippen LogP contribution < -0.4 is 0 Å². The Bertz CT molecular complexity index is 1070. The number of nitrogens with zero attached hydrogens (tertiary/aromatic N) is 3. The third kappa shape index (κ3) is 45.4. The molecule has 0 aliphatic carbocycles. The monoisotopic (exact) mass is 1000 g/mol. The molecule has 0 heterocycles. The summed E-state index contributed by atoms with van der Waals surface area (Å²) in [5.41, 5.74) is 0. The zero-order valence-corrected chi connectivity index (χ0v) is 49.1. The maximum Gasteiger partial charge on any atom is 0.308 e. The fourth-order valence-corrected chi connectivity index (χ4v) is 10.1. The van der Waals surface area contributed by atoms with Crippen molar-refractivity contribution in [2.45, 2.75) is 311 Å². The van der Waals surface area contributed by atoms with E-state index in [2.05, 4.69) is 63.3 Å². The molecule has 8 nitrogen and oxygen atoms in total. The van der Waals surface area contributed by atoms with E-state index < -0.39 is 0 Å². The fourth-order valence-electron chi connectivity index (χ4n) is 10.1. The summed E-state index contributed by atoms with van der Waals surface area (Å²) in [5.74, 6) is 0.616. The quantitative estimate of drug-likeness (QED) is 0.0444. The maximum absolute atomic E-state index is 13.4. The Balaban J connectivity index is 5.13. The highest BCUT2D eigenvalue weighted by Gasteiger charge is 2.21. The summed E-state index contributed by atoms with van der Waals surface area (Å²) in [6.07, 6.45) is 48.7. The molecule has 0 aromatic heterocycles. The molecule has 0 bridgehead atoms. The number of carbonyl (C=O) groups excluding carboxylic acids is 3. The third-order valence-corrected chi connectivity index (χ3v) is 15.2. The van der Waals surface area contributed by atoms with Gasteiger partial charge in [0.15, 0.2) is 0 Å². The summed E-state index contributed by atoms with van der Waals surface area (Å²) in [6.45, 7) is 21.7. The largest absolute Gasteiger partial charge is 0.465 e. The van der Waals surface area contributed by atoms with Crippen LogP contribution >= 0.6 is 0 Å². The molecular formula is C63H125N3O5. The zero-order chi connectivity index (χ0) is 52.1. The molecule has 0 N–H and O–H groups in total. The Kier molecular flexibility index (Phi) is 53.3. The van der Waals surface area contributed by atoms with Gasteiger partial charge >= 0.3 is 11.9 Å². The molecule has 0 saturated carbocycles. The van der Waals surface area contributed by atoms with E-state index in [4.69, 9.17) is 9.47 Å². The van der Waals surface area contributed by atoms with Crippen molar-refractivity contribution in [1.82, 2.24) is 14.7 Å². The van der Waals surface area contributed by atoms with Gasteiger partial charge in [0, 0.05) is 32.6 Å². The van der Waals surface area contributed by atoms with Crippen LogP contribution in [0.1, 0.15) is 311 Å². The van der Waals surface area contributed by atoms with Crippen LogP contribution in [0.4, 0.5) is 0 Å². The molecule has 0 radical (unpaired) electrons. The lowest BCUT2D eigenvalue weighted by atomic mass is 9.94. The van der Waals surface area contributed by atoms with Crippen molar-refractivity contribution in [2.24, 2.45) is 11.8 Å². The number of likely N-dealkylation sites (N-methyl/N-ethyl adjacent to an activating group) is 1. The molecule has 8 heteroatoms. The molecular weight excluding hydrogens is 879 g/mol. The third-order valence-electron chi connectivity index (χ3n) is 15.2. The highest BCUT2D eigenvalue weighted by molar-refractivity contribution is 5.76. The predicted molar refractivity (Wildman–Crippen MR) is 307 cm³/mol. The molecule has 0 aliphatic heterocycles. The second-order valence-corrected chi connectivity index (χ2v) is 22.1. The second-order valence-electron chi connectivity index (χ2n) is 22.1. The predicted octanol–water partition coefficient (Wildman–Crippen LogP) is 17.9. The Hall–Kier alpha value is -1.67. The number of hydrogen-bond donors (Lipinski definition) is 0. The number of esters is 2. The van der Waals surface area contributed by atoms with Crippen molar-refractivity contribution >= 4 is 17.8 Å². The first-order valence-electron chi connectivity index (χ1n) is 31.8. The zero-order valence-electron chi connectivity index (χ0n) is 49.1. The Morgan fingerprint density at radius 1 is 0.324 bits per heavy atom. The lowest BCUT2D eigenvalue weighted by molar-refractivity contribution is -0.150. The first-order valence-corrected chi connectivity index (χ1v) is 31.8. The Morgan fingerprint density at radius 3 is 1.03 bits per heavy atom. The summed E-state index contributed by atoms with van der Waals surface area (Å²) < 4.78 is 11.9. The summed E-state index contributed by atoms with van der Waals surface area (Å²) in [6, 6.07) is 0. The van der Waals surface area contributed by atoms with Crippen molar-refractivity contribution in [3.05, 3.63) is 0 Å². The van der Waals surface area contributed by atoms with Crippen molar-refractivity contribution in [2.75, 3.05) is 66.1 Å². The van der Waals surface area contributed by atoms with Crippen LogP contribution in [-0.4, -0.2) is 98.6 Å². The summed E-state index contributed by atoms with van der Waals surface area (Å²) in [5, 5.41) is 0. The van der Waals surface area contributed by atoms with Gasteiger partial charge in [-0.3, -0.25) is 14.4 Å². The maximum atomic E-state index is 13.4. The van der Waals surface area contributed by atoms with Gasteiger partial charge in [-0.25, -0.2) is 0 Å². The van der Waals surface area contributed by atoms with Crippen molar-refractivity contribution in [3.63, 3.8) is 0 Å². The number of rotatable bonds is 57. The number of amides is 1.